The first-order valence-corrected chi connectivity index (χ1v) is 7.93. The second-order valence-electron chi connectivity index (χ2n) is 6.41. The monoisotopic (exact) mass is 292 g/mol. The van der Waals surface area contributed by atoms with Gasteiger partial charge in [0, 0.05) is 29.7 Å². The van der Waals surface area contributed by atoms with Crippen molar-refractivity contribution in [3.05, 3.63) is 70.9 Å². The Morgan fingerprint density at radius 1 is 1.05 bits per heavy atom. The number of nitrogens with zero attached hydrogens (tertiary/aromatic N) is 1. The lowest BCUT2D eigenvalue weighted by molar-refractivity contribution is 0.734. The number of aryl methyl sites for hydroxylation is 2. The Morgan fingerprint density at radius 3 is 2.59 bits per heavy atom. The van der Waals surface area contributed by atoms with Gasteiger partial charge in [-0.1, -0.05) is 42.0 Å². The highest BCUT2D eigenvalue weighted by atomic mass is 15.0. The summed E-state index contributed by atoms with van der Waals surface area (Å²) in [6, 6.07) is 15.5. The maximum Gasteiger partial charge on any atom is 0.0486 e. The summed E-state index contributed by atoms with van der Waals surface area (Å²) in [4.78, 5) is 0. The molecule has 1 aromatic heterocycles. The van der Waals surface area contributed by atoms with Crippen LogP contribution >= 0.6 is 0 Å². The van der Waals surface area contributed by atoms with Crippen molar-refractivity contribution in [2.24, 2.45) is 5.73 Å². The van der Waals surface area contributed by atoms with Crippen LogP contribution in [0.15, 0.2) is 48.7 Å². The van der Waals surface area contributed by atoms with Gasteiger partial charge in [-0.15, -0.1) is 0 Å². The highest BCUT2D eigenvalue weighted by Crippen LogP contribution is 2.24. The molecular weight excluding hydrogens is 268 g/mol. The van der Waals surface area contributed by atoms with E-state index in [4.69, 9.17) is 5.73 Å². The molecule has 0 amide bonds. The standard InChI is InChI=1S/C20H24N2/c1-14-8-9-15(2)17(10-14)12-22-13-18(11-16(3)21)19-6-4-5-7-20(19)22/h4-10,13,16H,11-12,21H2,1-3H3. The minimum atomic E-state index is 0.181. The fourth-order valence-electron chi connectivity index (χ4n) is 3.12. The molecular formula is C20H24N2. The molecule has 2 nitrogen and oxygen atoms in total. The highest BCUT2D eigenvalue weighted by Gasteiger charge is 2.10. The van der Waals surface area contributed by atoms with Crippen LogP contribution in [0.4, 0.5) is 0 Å². The van der Waals surface area contributed by atoms with Gasteiger partial charge in [-0.05, 0) is 49.9 Å². The zero-order valence-corrected chi connectivity index (χ0v) is 13.6. The summed E-state index contributed by atoms with van der Waals surface area (Å²) in [5, 5.41) is 1.32. The Kier molecular flexibility index (Phi) is 4.04. The van der Waals surface area contributed by atoms with Crippen LogP contribution in [0.2, 0.25) is 0 Å². The quantitative estimate of drug-likeness (QED) is 0.768. The fraction of sp³-hybridized carbons (Fsp3) is 0.300. The minimum Gasteiger partial charge on any atom is -0.343 e. The first-order chi connectivity index (χ1) is 10.5. The first-order valence-electron chi connectivity index (χ1n) is 7.93. The molecule has 0 saturated heterocycles. The lowest BCUT2D eigenvalue weighted by atomic mass is 10.1. The van der Waals surface area contributed by atoms with Crippen molar-refractivity contribution in [3.63, 3.8) is 0 Å². The molecule has 3 rings (SSSR count). The van der Waals surface area contributed by atoms with Gasteiger partial charge in [0.15, 0.2) is 0 Å². The number of aromatic nitrogens is 1. The van der Waals surface area contributed by atoms with Crippen molar-refractivity contribution in [1.29, 1.82) is 0 Å². The Hall–Kier alpha value is -2.06. The van der Waals surface area contributed by atoms with Gasteiger partial charge in [0.2, 0.25) is 0 Å². The van der Waals surface area contributed by atoms with Crippen LogP contribution in [0, 0.1) is 13.8 Å². The molecule has 0 aliphatic heterocycles. The summed E-state index contributed by atoms with van der Waals surface area (Å²) in [6.45, 7) is 7.31. The van der Waals surface area contributed by atoms with Crippen molar-refractivity contribution in [2.75, 3.05) is 0 Å². The summed E-state index contributed by atoms with van der Waals surface area (Å²) >= 11 is 0. The fourth-order valence-corrected chi connectivity index (χ4v) is 3.12. The van der Waals surface area contributed by atoms with Gasteiger partial charge in [-0.3, -0.25) is 0 Å². The molecule has 0 fully saturated rings. The van der Waals surface area contributed by atoms with E-state index in [9.17, 15) is 0 Å². The van der Waals surface area contributed by atoms with Crippen LogP contribution in [-0.2, 0) is 13.0 Å². The third-order valence-electron chi connectivity index (χ3n) is 4.26. The van der Waals surface area contributed by atoms with E-state index < -0.39 is 0 Å². The maximum atomic E-state index is 6.01. The smallest absolute Gasteiger partial charge is 0.0486 e. The van der Waals surface area contributed by atoms with Crippen molar-refractivity contribution >= 4 is 10.9 Å². The molecule has 1 unspecified atom stereocenters. The van der Waals surface area contributed by atoms with Crippen LogP contribution < -0.4 is 5.73 Å². The number of nitrogens with two attached hydrogens (primary N) is 1. The molecule has 1 heterocycles. The Morgan fingerprint density at radius 2 is 1.82 bits per heavy atom. The van der Waals surface area contributed by atoms with Gasteiger partial charge in [0.1, 0.15) is 0 Å². The van der Waals surface area contributed by atoms with Gasteiger partial charge in [-0.25, -0.2) is 0 Å². The highest BCUT2D eigenvalue weighted by molar-refractivity contribution is 5.84. The molecule has 114 valence electrons. The molecule has 0 spiro atoms. The summed E-state index contributed by atoms with van der Waals surface area (Å²) in [6.07, 6.45) is 3.19. The molecule has 0 aliphatic carbocycles. The second kappa shape index (κ2) is 5.98. The van der Waals surface area contributed by atoms with Crippen LogP contribution in [0.25, 0.3) is 10.9 Å². The molecule has 0 aliphatic rings. The van der Waals surface area contributed by atoms with Gasteiger partial charge in [-0.2, -0.15) is 0 Å². The molecule has 0 saturated carbocycles. The zero-order valence-electron chi connectivity index (χ0n) is 13.6. The third-order valence-corrected chi connectivity index (χ3v) is 4.26. The SMILES string of the molecule is Cc1ccc(C)c(Cn2cc(CC(C)N)c3ccccc32)c1. The first kappa shape index (κ1) is 14.9. The number of fused-ring (bicyclic) bond motifs is 1. The molecule has 1 atom stereocenters. The van der Waals surface area contributed by atoms with Gasteiger partial charge >= 0.3 is 0 Å². The predicted octanol–water partition coefficient (Wildman–Crippen LogP) is 4.20. The lowest BCUT2D eigenvalue weighted by Gasteiger charge is -2.10. The molecule has 0 radical (unpaired) electrons. The van der Waals surface area contributed by atoms with Gasteiger partial charge < -0.3 is 10.3 Å². The predicted molar refractivity (Wildman–Crippen MR) is 94.3 cm³/mol. The average molecular weight is 292 g/mol. The van der Waals surface area contributed by atoms with Crippen molar-refractivity contribution in [3.8, 4) is 0 Å². The zero-order chi connectivity index (χ0) is 15.7. The number of rotatable bonds is 4. The van der Waals surface area contributed by atoms with E-state index in [-0.39, 0.29) is 6.04 Å². The van der Waals surface area contributed by atoms with Gasteiger partial charge in [0.25, 0.3) is 0 Å². The molecule has 0 bridgehead atoms. The summed E-state index contributed by atoms with van der Waals surface area (Å²) < 4.78 is 2.36. The minimum absolute atomic E-state index is 0.181. The number of para-hydroxylation sites is 1. The molecule has 2 aromatic carbocycles. The topological polar surface area (TPSA) is 30.9 Å². The van der Waals surface area contributed by atoms with Crippen molar-refractivity contribution in [2.45, 2.75) is 39.8 Å². The van der Waals surface area contributed by atoms with E-state index in [2.05, 4.69) is 74.0 Å². The second-order valence-corrected chi connectivity index (χ2v) is 6.41. The summed E-state index contributed by atoms with van der Waals surface area (Å²) in [5.74, 6) is 0. The van der Waals surface area contributed by atoms with E-state index in [0.29, 0.717) is 0 Å². The van der Waals surface area contributed by atoms with Crippen LogP contribution in [0.3, 0.4) is 0 Å². The Balaban J connectivity index is 2.05. The largest absolute Gasteiger partial charge is 0.343 e. The normalized spacial score (nSPS) is 12.7. The number of benzene rings is 2. The maximum absolute atomic E-state index is 6.01. The number of hydrogen-bond acceptors (Lipinski definition) is 1. The Bertz CT molecular complexity index is 797. The summed E-state index contributed by atoms with van der Waals surface area (Å²) in [7, 11) is 0. The van der Waals surface area contributed by atoms with E-state index in [1.807, 2.05) is 0 Å². The van der Waals surface area contributed by atoms with Crippen LogP contribution in [-0.4, -0.2) is 10.6 Å². The lowest BCUT2D eigenvalue weighted by Crippen LogP contribution is -2.17. The van der Waals surface area contributed by atoms with E-state index in [1.54, 1.807) is 0 Å². The molecule has 22 heavy (non-hydrogen) atoms. The number of hydrogen-bond donors (Lipinski definition) is 1. The average Bonchev–Trinajstić information content (AvgIpc) is 2.81. The molecule has 3 aromatic rings. The molecule has 2 heteroatoms. The van der Waals surface area contributed by atoms with E-state index >= 15 is 0 Å². The van der Waals surface area contributed by atoms with Crippen molar-refractivity contribution < 1.29 is 0 Å². The van der Waals surface area contributed by atoms with Crippen LogP contribution in [0.5, 0.6) is 0 Å². The van der Waals surface area contributed by atoms with Gasteiger partial charge in [0.05, 0.1) is 0 Å². The van der Waals surface area contributed by atoms with E-state index in [1.165, 1.54) is 33.2 Å². The third kappa shape index (κ3) is 2.93. The van der Waals surface area contributed by atoms with E-state index in [0.717, 1.165) is 13.0 Å². The summed E-state index contributed by atoms with van der Waals surface area (Å²) in [5.41, 5.74) is 12.7. The molecule has 2 N–H and O–H groups in total. The van der Waals surface area contributed by atoms with Crippen LogP contribution in [0.1, 0.15) is 29.2 Å². The van der Waals surface area contributed by atoms with Crippen molar-refractivity contribution in [1.82, 2.24) is 4.57 Å². The Labute approximate surface area is 132 Å².